The molecule has 1 aromatic rings. The van der Waals surface area contributed by atoms with Crippen molar-refractivity contribution in [2.45, 2.75) is 63.4 Å². The molecule has 2 N–H and O–H groups in total. The molecular formula is C19H29N3O2. The van der Waals surface area contributed by atoms with Crippen molar-refractivity contribution in [3.8, 4) is 0 Å². The topological polar surface area (TPSA) is 53.6 Å². The molecule has 2 bridgehead atoms. The molecule has 0 saturated carbocycles. The zero-order valence-corrected chi connectivity index (χ0v) is 14.7. The average molecular weight is 331 g/mol. The van der Waals surface area contributed by atoms with Crippen molar-refractivity contribution in [1.82, 2.24) is 15.5 Å². The molecule has 2 amide bonds. The highest BCUT2D eigenvalue weighted by Crippen LogP contribution is 2.34. The third-order valence-corrected chi connectivity index (χ3v) is 5.30. The number of hydrogen-bond donors (Lipinski definition) is 2. The summed E-state index contributed by atoms with van der Waals surface area (Å²) in [4.78, 5) is 14.3. The van der Waals surface area contributed by atoms with Gasteiger partial charge < -0.3 is 15.4 Å². The van der Waals surface area contributed by atoms with Gasteiger partial charge in [-0.05, 0) is 45.2 Å². The van der Waals surface area contributed by atoms with E-state index in [2.05, 4.69) is 53.8 Å². The normalized spacial score (nSPS) is 26.5. The number of benzene rings is 1. The van der Waals surface area contributed by atoms with Crippen LogP contribution < -0.4 is 10.6 Å². The highest BCUT2D eigenvalue weighted by molar-refractivity contribution is 5.74. The Morgan fingerprint density at radius 3 is 2.79 bits per heavy atom. The number of ether oxygens (including phenoxy) is 1. The Bertz CT molecular complexity index is 537. The van der Waals surface area contributed by atoms with E-state index >= 15 is 0 Å². The van der Waals surface area contributed by atoms with E-state index in [4.69, 9.17) is 4.74 Å². The first-order valence-electron chi connectivity index (χ1n) is 9.06. The number of fused-ring (bicyclic) bond motifs is 2. The van der Waals surface area contributed by atoms with Gasteiger partial charge in [-0.15, -0.1) is 0 Å². The molecule has 5 nitrogen and oxygen atoms in total. The summed E-state index contributed by atoms with van der Waals surface area (Å²) in [6, 6.07) is 11.0. The molecule has 0 radical (unpaired) electrons. The van der Waals surface area contributed by atoms with E-state index in [1.54, 1.807) is 0 Å². The van der Waals surface area contributed by atoms with Crippen LogP contribution in [0.3, 0.4) is 0 Å². The summed E-state index contributed by atoms with van der Waals surface area (Å²) >= 11 is 0. The Labute approximate surface area is 144 Å². The van der Waals surface area contributed by atoms with Gasteiger partial charge in [-0.3, -0.25) is 4.90 Å². The second-order valence-electron chi connectivity index (χ2n) is 7.15. The van der Waals surface area contributed by atoms with Crippen LogP contribution in [0.4, 0.5) is 4.79 Å². The fraction of sp³-hybridized carbons (Fsp3) is 0.632. The van der Waals surface area contributed by atoms with Gasteiger partial charge in [0.15, 0.2) is 0 Å². The first-order valence-corrected chi connectivity index (χ1v) is 9.06. The zero-order valence-electron chi connectivity index (χ0n) is 14.7. The maximum Gasteiger partial charge on any atom is 0.315 e. The quantitative estimate of drug-likeness (QED) is 0.807. The smallest absolute Gasteiger partial charge is 0.315 e. The summed E-state index contributed by atoms with van der Waals surface area (Å²) in [6.07, 6.45) is 4.73. The molecule has 3 rings (SSSR count). The fourth-order valence-corrected chi connectivity index (χ4v) is 3.65. The largest absolute Gasteiger partial charge is 0.373 e. The van der Waals surface area contributed by atoms with E-state index < -0.39 is 0 Å². The van der Waals surface area contributed by atoms with Crippen molar-refractivity contribution in [1.29, 1.82) is 0 Å². The molecule has 2 heterocycles. The molecular weight excluding hydrogens is 302 g/mol. The second-order valence-corrected chi connectivity index (χ2v) is 7.15. The lowest BCUT2D eigenvalue weighted by Crippen LogP contribution is -2.47. The number of urea groups is 1. The average Bonchev–Trinajstić information content (AvgIpc) is 3.18. The van der Waals surface area contributed by atoms with E-state index in [-0.39, 0.29) is 18.2 Å². The maximum atomic E-state index is 12.0. The molecule has 2 aliphatic heterocycles. The van der Waals surface area contributed by atoms with Crippen LogP contribution in [0.1, 0.15) is 38.2 Å². The Balaban J connectivity index is 1.32. The summed E-state index contributed by atoms with van der Waals surface area (Å²) in [5.74, 6) is 0. The van der Waals surface area contributed by atoms with E-state index in [9.17, 15) is 4.79 Å². The molecule has 0 spiro atoms. The lowest BCUT2D eigenvalue weighted by molar-refractivity contribution is 0.0981. The van der Waals surface area contributed by atoms with Gasteiger partial charge in [0, 0.05) is 19.1 Å². The summed E-state index contributed by atoms with van der Waals surface area (Å²) in [6.45, 7) is 3.82. The summed E-state index contributed by atoms with van der Waals surface area (Å²) in [7, 11) is 2.13. The van der Waals surface area contributed by atoms with Crippen molar-refractivity contribution in [2.75, 3.05) is 13.6 Å². The molecule has 0 aromatic heterocycles. The van der Waals surface area contributed by atoms with Gasteiger partial charge in [0.1, 0.15) is 0 Å². The minimum absolute atomic E-state index is 0.0611. The van der Waals surface area contributed by atoms with Crippen molar-refractivity contribution < 1.29 is 9.53 Å². The predicted octanol–water partition coefficient (Wildman–Crippen LogP) is 2.52. The first kappa shape index (κ1) is 17.2. The van der Waals surface area contributed by atoms with Crippen LogP contribution in [0.5, 0.6) is 0 Å². The predicted molar refractivity (Wildman–Crippen MR) is 94.8 cm³/mol. The van der Waals surface area contributed by atoms with Gasteiger partial charge in [0.25, 0.3) is 0 Å². The number of carbonyl (C=O) groups is 1. The molecule has 0 aliphatic carbocycles. The van der Waals surface area contributed by atoms with Gasteiger partial charge in [0.05, 0.1) is 18.2 Å². The highest BCUT2D eigenvalue weighted by atomic mass is 16.5. The number of amides is 2. The SMILES string of the molecule is CC(CCNC(=O)NC1CC2CCC1O2)N(C)Cc1ccccc1. The van der Waals surface area contributed by atoms with E-state index in [0.29, 0.717) is 18.7 Å². The molecule has 4 atom stereocenters. The first-order chi connectivity index (χ1) is 11.6. The molecule has 2 fully saturated rings. The third-order valence-electron chi connectivity index (χ3n) is 5.30. The van der Waals surface area contributed by atoms with Crippen LogP contribution in [0, 0.1) is 0 Å². The van der Waals surface area contributed by atoms with Crippen molar-refractivity contribution >= 4 is 6.03 Å². The van der Waals surface area contributed by atoms with Crippen LogP contribution >= 0.6 is 0 Å². The van der Waals surface area contributed by atoms with Gasteiger partial charge in [-0.1, -0.05) is 30.3 Å². The molecule has 2 aliphatic rings. The molecule has 1 aromatic carbocycles. The van der Waals surface area contributed by atoms with Gasteiger partial charge in [-0.2, -0.15) is 0 Å². The number of rotatable bonds is 7. The lowest BCUT2D eigenvalue weighted by Gasteiger charge is -2.25. The molecule has 5 heteroatoms. The minimum Gasteiger partial charge on any atom is -0.373 e. The summed E-state index contributed by atoms with van der Waals surface area (Å²) in [5, 5.41) is 6.05. The number of hydrogen-bond acceptors (Lipinski definition) is 3. The Kier molecular flexibility index (Phi) is 5.74. The maximum absolute atomic E-state index is 12.0. The number of nitrogens with zero attached hydrogens (tertiary/aromatic N) is 1. The third kappa shape index (κ3) is 4.48. The van der Waals surface area contributed by atoms with Crippen LogP contribution in [0.2, 0.25) is 0 Å². The Morgan fingerprint density at radius 1 is 1.33 bits per heavy atom. The van der Waals surface area contributed by atoms with Gasteiger partial charge >= 0.3 is 6.03 Å². The standard InChI is InChI=1S/C19H29N3O2/c1-14(22(2)13-15-6-4-3-5-7-15)10-11-20-19(23)21-17-12-16-8-9-18(17)24-16/h3-7,14,16-18H,8-13H2,1-2H3,(H2,20,21,23). The van der Waals surface area contributed by atoms with E-state index in [1.165, 1.54) is 5.56 Å². The summed E-state index contributed by atoms with van der Waals surface area (Å²) in [5.41, 5.74) is 1.31. The van der Waals surface area contributed by atoms with E-state index in [1.807, 2.05) is 6.07 Å². The number of nitrogens with one attached hydrogen (secondary N) is 2. The zero-order chi connectivity index (χ0) is 16.9. The van der Waals surface area contributed by atoms with Gasteiger partial charge in [-0.25, -0.2) is 4.79 Å². The van der Waals surface area contributed by atoms with Crippen LogP contribution in [-0.2, 0) is 11.3 Å². The van der Waals surface area contributed by atoms with Gasteiger partial charge in [0.2, 0.25) is 0 Å². The molecule has 2 saturated heterocycles. The van der Waals surface area contributed by atoms with Crippen LogP contribution in [-0.4, -0.2) is 48.8 Å². The second kappa shape index (κ2) is 7.99. The minimum atomic E-state index is -0.0611. The lowest BCUT2D eigenvalue weighted by atomic mass is 9.96. The van der Waals surface area contributed by atoms with Crippen molar-refractivity contribution in [3.63, 3.8) is 0 Å². The molecule has 4 unspecified atom stereocenters. The van der Waals surface area contributed by atoms with E-state index in [0.717, 1.165) is 32.2 Å². The molecule has 132 valence electrons. The molecule has 24 heavy (non-hydrogen) atoms. The van der Waals surface area contributed by atoms with Crippen molar-refractivity contribution in [3.05, 3.63) is 35.9 Å². The van der Waals surface area contributed by atoms with Crippen LogP contribution in [0.25, 0.3) is 0 Å². The Hall–Kier alpha value is -1.59. The fourth-order valence-electron chi connectivity index (χ4n) is 3.65. The number of carbonyl (C=O) groups excluding carboxylic acids is 1. The monoisotopic (exact) mass is 331 g/mol. The highest BCUT2D eigenvalue weighted by Gasteiger charge is 2.41. The van der Waals surface area contributed by atoms with Crippen molar-refractivity contribution in [2.24, 2.45) is 0 Å². The summed E-state index contributed by atoms with van der Waals surface area (Å²) < 4.78 is 5.77. The Morgan fingerprint density at radius 2 is 2.12 bits per heavy atom. The van der Waals surface area contributed by atoms with Crippen LogP contribution in [0.15, 0.2) is 30.3 Å².